The van der Waals surface area contributed by atoms with Crippen molar-refractivity contribution >= 4 is 5.78 Å². The summed E-state index contributed by atoms with van der Waals surface area (Å²) in [4.78, 5) is 14.0. The molecule has 0 bridgehead atoms. The number of ketones is 1. The van der Waals surface area contributed by atoms with Gasteiger partial charge in [0.25, 0.3) is 0 Å². The van der Waals surface area contributed by atoms with Crippen LogP contribution >= 0.6 is 0 Å². The molecule has 3 heteroatoms. The SMILES string of the molecule is CC(=O)C(C(O)c1ccccc1)N1CCCCC1. The highest BCUT2D eigenvalue weighted by molar-refractivity contribution is 5.82. The maximum absolute atomic E-state index is 11.9. The number of aliphatic hydroxyl groups excluding tert-OH is 1. The molecular formula is C15H21NO2. The van der Waals surface area contributed by atoms with Crippen LogP contribution in [0.15, 0.2) is 30.3 Å². The molecule has 2 atom stereocenters. The normalized spacial score (nSPS) is 20.3. The monoisotopic (exact) mass is 247 g/mol. The lowest BCUT2D eigenvalue weighted by Gasteiger charge is -2.35. The van der Waals surface area contributed by atoms with Crippen LogP contribution in [0.1, 0.15) is 37.9 Å². The van der Waals surface area contributed by atoms with Gasteiger partial charge in [-0.05, 0) is 38.4 Å². The minimum absolute atomic E-state index is 0.0493. The van der Waals surface area contributed by atoms with E-state index in [2.05, 4.69) is 4.90 Å². The molecule has 1 aromatic carbocycles. The second-order valence-corrected chi connectivity index (χ2v) is 5.01. The Morgan fingerprint density at radius 2 is 1.78 bits per heavy atom. The molecule has 0 radical (unpaired) electrons. The Morgan fingerprint density at radius 3 is 2.33 bits per heavy atom. The highest BCUT2D eigenvalue weighted by Gasteiger charge is 2.31. The standard InChI is InChI=1S/C15H21NO2/c1-12(17)14(16-10-6-3-7-11-16)15(18)13-8-4-2-5-9-13/h2,4-5,8-9,14-15,18H,3,6-7,10-11H2,1H3. The van der Waals surface area contributed by atoms with Gasteiger partial charge < -0.3 is 5.11 Å². The van der Waals surface area contributed by atoms with E-state index in [-0.39, 0.29) is 5.78 Å². The van der Waals surface area contributed by atoms with Crippen LogP contribution in [0.5, 0.6) is 0 Å². The van der Waals surface area contributed by atoms with Gasteiger partial charge >= 0.3 is 0 Å². The van der Waals surface area contributed by atoms with Crippen molar-refractivity contribution in [1.29, 1.82) is 0 Å². The fourth-order valence-corrected chi connectivity index (χ4v) is 2.71. The summed E-state index contributed by atoms with van der Waals surface area (Å²) >= 11 is 0. The van der Waals surface area contributed by atoms with E-state index in [4.69, 9.17) is 0 Å². The minimum atomic E-state index is -0.721. The third-order valence-corrected chi connectivity index (χ3v) is 3.64. The summed E-state index contributed by atoms with van der Waals surface area (Å²) in [5, 5.41) is 10.4. The summed E-state index contributed by atoms with van der Waals surface area (Å²) in [6, 6.07) is 9.07. The van der Waals surface area contributed by atoms with E-state index in [1.807, 2.05) is 30.3 Å². The predicted octanol–water partition coefficient (Wildman–Crippen LogP) is 2.16. The van der Waals surface area contributed by atoms with E-state index in [1.54, 1.807) is 6.92 Å². The van der Waals surface area contributed by atoms with Crippen LogP contribution in [0, 0.1) is 0 Å². The van der Waals surface area contributed by atoms with E-state index in [9.17, 15) is 9.90 Å². The first-order valence-corrected chi connectivity index (χ1v) is 6.67. The average molecular weight is 247 g/mol. The molecule has 1 aromatic rings. The minimum Gasteiger partial charge on any atom is -0.386 e. The third-order valence-electron chi connectivity index (χ3n) is 3.64. The summed E-state index contributed by atoms with van der Waals surface area (Å²) < 4.78 is 0. The van der Waals surface area contributed by atoms with Crippen LogP contribution in [-0.4, -0.2) is 34.9 Å². The largest absolute Gasteiger partial charge is 0.386 e. The molecule has 0 amide bonds. The number of piperidine rings is 1. The molecule has 2 unspecified atom stereocenters. The van der Waals surface area contributed by atoms with Gasteiger partial charge in [-0.1, -0.05) is 36.8 Å². The molecular weight excluding hydrogens is 226 g/mol. The Kier molecular flexibility index (Phi) is 4.50. The van der Waals surface area contributed by atoms with Crippen LogP contribution in [0.3, 0.4) is 0 Å². The summed E-state index contributed by atoms with van der Waals surface area (Å²) in [7, 11) is 0. The lowest BCUT2D eigenvalue weighted by Crippen LogP contribution is -2.46. The maximum Gasteiger partial charge on any atom is 0.149 e. The summed E-state index contributed by atoms with van der Waals surface area (Å²) in [6.45, 7) is 3.40. The lowest BCUT2D eigenvalue weighted by molar-refractivity contribution is -0.127. The van der Waals surface area contributed by atoms with Gasteiger partial charge in [-0.2, -0.15) is 0 Å². The van der Waals surface area contributed by atoms with Crippen molar-refractivity contribution in [2.24, 2.45) is 0 Å². The number of benzene rings is 1. The van der Waals surface area contributed by atoms with E-state index >= 15 is 0 Å². The fraction of sp³-hybridized carbons (Fsp3) is 0.533. The summed E-state index contributed by atoms with van der Waals surface area (Å²) in [6.07, 6.45) is 2.74. The molecule has 3 nitrogen and oxygen atoms in total. The fourth-order valence-electron chi connectivity index (χ4n) is 2.71. The van der Waals surface area contributed by atoms with Crippen molar-refractivity contribution in [1.82, 2.24) is 4.90 Å². The van der Waals surface area contributed by atoms with Crippen molar-refractivity contribution in [3.05, 3.63) is 35.9 Å². The van der Waals surface area contributed by atoms with Crippen LogP contribution in [0.2, 0.25) is 0 Å². The first-order chi connectivity index (χ1) is 8.70. The number of hydrogen-bond acceptors (Lipinski definition) is 3. The van der Waals surface area contributed by atoms with E-state index in [0.717, 1.165) is 31.5 Å². The number of Topliss-reactive ketones (excluding diaryl/α,β-unsaturated/α-hetero) is 1. The quantitative estimate of drug-likeness (QED) is 0.886. The van der Waals surface area contributed by atoms with Gasteiger partial charge in [0, 0.05) is 0 Å². The molecule has 1 N–H and O–H groups in total. The number of carbonyl (C=O) groups is 1. The number of likely N-dealkylation sites (tertiary alicyclic amines) is 1. The number of aliphatic hydroxyl groups is 1. The molecule has 1 aliphatic rings. The van der Waals surface area contributed by atoms with Gasteiger partial charge in [-0.15, -0.1) is 0 Å². The molecule has 1 fully saturated rings. The smallest absolute Gasteiger partial charge is 0.149 e. The average Bonchev–Trinajstić information content (AvgIpc) is 2.40. The zero-order chi connectivity index (χ0) is 13.0. The Morgan fingerprint density at radius 1 is 1.17 bits per heavy atom. The van der Waals surface area contributed by atoms with Crippen molar-refractivity contribution in [2.45, 2.75) is 38.3 Å². The van der Waals surface area contributed by atoms with Crippen LogP contribution in [0.4, 0.5) is 0 Å². The van der Waals surface area contributed by atoms with Gasteiger partial charge in [-0.3, -0.25) is 9.69 Å². The van der Waals surface area contributed by atoms with E-state index in [1.165, 1.54) is 6.42 Å². The molecule has 0 saturated carbocycles. The second kappa shape index (κ2) is 6.12. The highest BCUT2D eigenvalue weighted by atomic mass is 16.3. The summed E-state index contributed by atoms with van der Waals surface area (Å²) in [5.41, 5.74) is 0.822. The Labute approximate surface area is 108 Å². The number of carbonyl (C=O) groups excluding carboxylic acids is 1. The molecule has 2 rings (SSSR count). The second-order valence-electron chi connectivity index (χ2n) is 5.01. The molecule has 18 heavy (non-hydrogen) atoms. The lowest BCUT2D eigenvalue weighted by atomic mass is 9.96. The molecule has 98 valence electrons. The first-order valence-electron chi connectivity index (χ1n) is 6.67. The van der Waals surface area contributed by atoms with Gasteiger partial charge in [0.2, 0.25) is 0 Å². The van der Waals surface area contributed by atoms with E-state index in [0.29, 0.717) is 0 Å². The van der Waals surface area contributed by atoms with Crippen LogP contribution in [0.25, 0.3) is 0 Å². The third kappa shape index (κ3) is 2.98. The first kappa shape index (κ1) is 13.2. The van der Waals surface area contributed by atoms with Gasteiger partial charge in [0.1, 0.15) is 11.9 Å². The number of rotatable bonds is 4. The van der Waals surface area contributed by atoms with Crippen molar-refractivity contribution in [3.8, 4) is 0 Å². The van der Waals surface area contributed by atoms with Crippen molar-refractivity contribution in [2.75, 3.05) is 13.1 Å². The molecule has 1 heterocycles. The molecule has 0 aromatic heterocycles. The zero-order valence-corrected chi connectivity index (χ0v) is 10.9. The van der Waals surface area contributed by atoms with E-state index < -0.39 is 12.1 Å². The zero-order valence-electron chi connectivity index (χ0n) is 10.9. The van der Waals surface area contributed by atoms with Gasteiger partial charge in [0.15, 0.2) is 0 Å². The molecule has 0 spiro atoms. The Balaban J connectivity index is 2.16. The predicted molar refractivity (Wildman–Crippen MR) is 71.3 cm³/mol. The van der Waals surface area contributed by atoms with Gasteiger partial charge in [-0.25, -0.2) is 0 Å². The van der Waals surface area contributed by atoms with Crippen LogP contribution < -0.4 is 0 Å². The molecule has 1 aliphatic heterocycles. The van der Waals surface area contributed by atoms with Crippen molar-refractivity contribution < 1.29 is 9.90 Å². The number of nitrogens with zero attached hydrogens (tertiary/aromatic N) is 1. The summed E-state index contributed by atoms with van der Waals surface area (Å²) in [5.74, 6) is 0.0493. The Hall–Kier alpha value is -1.19. The van der Waals surface area contributed by atoms with Crippen LogP contribution in [-0.2, 0) is 4.79 Å². The topological polar surface area (TPSA) is 40.5 Å². The molecule has 0 aliphatic carbocycles. The van der Waals surface area contributed by atoms with Gasteiger partial charge in [0.05, 0.1) is 6.04 Å². The number of hydrogen-bond donors (Lipinski definition) is 1. The molecule has 1 saturated heterocycles. The maximum atomic E-state index is 11.9. The Bertz CT molecular complexity index is 385. The highest BCUT2D eigenvalue weighted by Crippen LogP contribution is 2.24. The van der Waals surface area contributed by atoms with Crippen molar-refractivity contribution in [3.63, 3.8) is 0 Å².